The van der Waals surface area contributed by atoms with E-state index in [1.165, 1.54) is 0 Å². The summed E-state index contributed by atoms with van der Waals surface area (Å²) in [6.45, 7) is 4.46. The molecule has 0 atom stereocenters. The van der Waals surface area contributed by atoms with E-state index >= 15 is 0 Å². The minimum Gasteiger partial charge on any atom is -0.431 e. The lowest BCUT2D eigenvalue weighted by Gasteiger charge is -2.17. The van der Waals surface area contributed by atoms with Crippen molar-refractivity contribution in [3.8, 4) is 0 Å². The Bertz CT molecular complexity index is 352. The summed E-state index contributed by atoms with van der Waals surface area (Å²) in [4.78, 5) is 17.8. The zero-order valence-corrected chi connectivity index (χ0v) is 11.2. The molecule has 1 heterocycles. The molecule has 1 amide bonds. The van der Waals surface area contributed by atoms with Crippen molar-refractivity contribution in [2.45, 2.75) is 39.5 Å². The average Bonchev–Trinajstić information content (AvgIpc) is 2.73. The minimum absolute atomic E-state index is 0.0545. The van der Waals surface area contributed by atoms with Crippen LogP contribution in [0.25, 0.3) is 0 Å². The topological polar surface area (TPSA) is 46.3 Å². The van der Waals surface area contributed by atoms with Crippen LogP contribution >= 0.6 is 11.6 Å². The first-order valence-electron chi connectivity index (χ1n) is 5.97. The predicted octanol–water partition coefficient (Wildman–Crippen LogP) is 3.14. The fourth-order valence-corrected chi connectivity index (χ4v) is 1.59. The highest BCUT2D eigenvalue weighted by molar-refractivity contribution is 6.17. The number of halogens is 1. The molecule has 1 aromatic rings. The van der Waals surface area contributed by atoms with Gasteiger partial charge in [-0.3, -0.25) is 9.69 Å². The molecule has 0 radical (unpaired) electrons. The summed E-state index contributed by atoms with van der Waals surface area (Å²) in [6, 6.07) is 0.383. The molecule has 1 aromatic heterocycles. The van der Waals surface area contributed by atoms with Crippen molar-refractivity contribution in [1.82, 2.24) is 4.98 Å². The Kier molecular flexibility index (Phi) is 6.05. The van der Waals surface area contributed by atoms with Crippen molar-refractivity contribution < 1.29 is 9.21 Å². The highest BCUT2D eigenvalue weighted by Gasteiger charge is 2.19. The minimum atomic E-state index is 0.0545. The van der Waals surface area contributed by atoms with Gasteiger partial charge in [-0.05, 0) is 19.8 Å². The van der Waals surface area contributed by atoms with Gasteiger partial charge in [0.05, 0.1) is 5.69 Å². The van der Waals surface area contributed by atoms with Gasteiger partial charge in [0.1, 0.15) is 6.26 Å². The molecular weight excluding hydrogens is 240 g/mol. The third kappa shape index (κ3) is 4.38. The van der Waals surface area contributed by atoms with Crippen LogP contribution in [-0.2, 0) is 4.79 Å². The summed E-state index contributed by atoms with van der Waals surface area (Å²) >= 11 is 5.66. The Labute approximate surface area is 107 Å². The zero-order valence-electron chi connectivity index (χ0n) is 10.4. The van der Waals surface area contributed by atoms with Crippen molar-refractivity contribution in [2.24, 2.45) is 0 Å². The van der Waals surface area contributed by atoms with E-state index in [4.69, 9.17) is 16.0 Å². The van der Waals surface area contributed by atoms with Crippen LogP contribution in [-0.4, -0.2) is 23.3 Å². The molecule has 0 unspecified atom stereocenters. The van der Waals surface area contributed by atoms with Crippen LogP contribution in [0.3, 0.4) is 0 Å². The van der Waals surface area contributed by atoms with Crippen LogP contribution in [0.2, 0.25) is 0 Å². The maximum absolute atomic E-state index is 12.0. The summed E-state index contributed by atoms with van der Waals surface area (Å²) in [7, 11) is 0. The summed E-state index contributed by atoms with van der Waals surface area (Å²) in [5.41, 5.74) is 0.777. The Morgan fingerprint density at radius 2 is 2.29 bits per heavy atom. The molecular formula is C12H19ClN2O2. The summed E-state index contributed by atoms with van der Waals surface area (Å²) in [5, 5.41) is 0. The summed E-state index contributed by atoms with van der Waals surface area (Å²) in [5.74, 6) is 0.580. The number of alkyl halides is 1. The van der Waals surface area contributed by atoms with Gasteiger partial charge in [0.2, 0.25) is 5.91 Å². The number of rotatable bonds is 7. The van der Waals surface area contributed by atoms with Crippen molar-refractivity contribution in [3.63, 3.8) is 0 Å². The van der Waals surface area contributed by atoms with E-state index < -0.39 is 0 Å². The number of carbonyl (C=O) groups excluding carboxylic acids is 1. The number of anilines is 1. The Morgan fingerprint density at radius 3 is 2.82 bits per heavy atom. The number of oxazole rings is 1. The Hall–Kier alpha value is -1.03. The first-order chi connectivity index (χ1) is 8.19. The van der Waals surface area contributed by atoms with E-state index in [2.05, 4.69) is 11.9 Å². The molecule has 0 spiro atoms. The molecule has 0 saturated carbocycles. The van der Waals surface area contributed by atoms with Crippen LogP contribution in [0, 0.1) is 6.92 Å². The highest BCUT2D eigenvalue weighted by atomic mass is 35.5. The van der Waals surface area contributed by atoms with Gasteiger partial charge in [-0.1, -0.05) is 13.3 Å². The third-order valence-electron chi connectivity index (χ3n) is 2.40. The van der Waals surface area contributed by atoms with Crippen LogP contribution in [0.1, 0.15) is 38.3 Å². The van der Waals surface area contributed by atoms with Gasteiger partial charge in [0.15, 0.2) is 0 Å². The fourth-order valence-electron chi connectivity index (χ4n) is 1.47. The maximum atomic E-state index is 12.0. The second kappa shape index (κ2) is 7.33. The quantitative estimate of drug-likeness (QED) is 0.706. The number of nitrogens with zero attached hydrogens (tertiary/aromatic N) is 2. The van der Waals surface area contributed by atoms with Crippen LogP contribution in [0.5, 0.6) is 0 Å². The lowest BCUT2D eigenvalue weighted by molar-refractivity contribution is -0.118. The van der Waals surface area contributed by atoms with E-state index in [0.717, 1.165) is 25.0 Å². The van der Waals surface area contributed by atoms with E-state index in [1.54, 1.807) is 11.2 Å². The molecule has 96 valence electrons. The first-order valence-corrected chi connectivity index (χ1v) is 6.51. The smallest absolute Gasteiger partial charge is 0.304 e. The standard InChI is InChI=1S/C12H19ClN2O2/c1-3-4-6-11(16)15(8-5-7-13)12-14-10(2)9-17-12/h9H,3-8H2,1-2H3. The molecule has 0 N–H and O–H groups in total. The molecule has 5 heteroatoms. The second-order valence-electron chi connectivity index (χ2n) is 3.96. The van der Waals surface area contributed by atoms with Crippen LogP contribution in [0.15, 0.2) is 10.7 Å². The maximum Gasteiger partial charge on any atom is 0.304 e. The lowest BCUT2D eigenvalue weighted by Crippen LogP contribution is -2.32. The molecule has 17 heavy (non-hydrogen) atoms. The fraction of sp³-hybridized carbons (Fsp3) is 0.667. The van der Waals surface area contributed by atoms with Gasteiger partial charge >= 0.3 is 6.01 Å². The molecule has 0 aliphatic heterocycles. The highest BCUT2D eigenvalue weighted by Crippen LogP contribution is 2.16. The van der Waals surface area contributed by atoms with Gasteiger partial charge in [0.25, 0.3) is 0 Å². The van der Waals surface area contributed by atoms with Crippen molar-refractivity contribution in [1.29, 1.82) is 0 Å². The van der Waals surface area contributed by atoms with E-state index in [-0.39, 0.29) is 5.91 Å². The van der Waals surface area contributed by atoms with E-state index in [0.29, 0.717) is 24.9 Å². The van der Waals surface area contributed by atoms with Crippen molar-refractivity contribution >= 4 is 23.5 Å². The predicted molar refractivity (Wildman–Crippen MR) is 68.5 cm³/mol. The second-order valence-corrected chi connectivity index (χ2v) is 4.34. The normalized spacial score (nSPS) is 10.5. The molecule has 4 nitrogen and oxygen atoms in total. The van der Waals surface area contributed by atoms with E-state index in [1.807, 2.05) is 6.92 Å². The van der Waals surface area contributed by atoms with Crippen molar-refractivity contribution in [3.05, 3.63) is 12.0 Å². The molecule has 0 aliphatic rings. The van der Waals surface area contributed by atoms with Crippen LogP contribution in [0.4, 0.5) is 6.01 Å². The number of aryl methyl sites for hydroxylation is 1. The molecule has 0 aliphatic carbocycles. The van der Waals surface area contributed by atoms with Gasteiger partial charge in [0, 0.05) is 18.8 Å². The lowest BCUT2D eigenvalue weighted by atomic mass is 10.2. The van der Waals surface area contributed by atoms with Crippen LogP contribution < -0.4 is 4.90 Å². The molecule has 0 fully saturated rings. The van der Waals surface area contributed by atoms with E-state index in [9.17, 15) is 4.79 Å². The Balaban J connectivity index is 2.69. The summed E-state index contributed by atoms with van der Waals surface area (Å²) in [6.07, 6.45) is 4.70. The Morgan fingerprint density at radius 1 is 1.53 bits per heavy atom. The number of amides is 1. The van der Waals surface area contributed by atoms with Gasteiger partial charge in [-0.25, -0.2) is 0 Å². The summed E-state index contributed by atoms with van der Waals surface area (Å²) < 4.78 is 5.28. The number of hydrogen-bond acceptors (Lipinski definition) is 3. The van der Waals surface area contributed by atoms with Crippen molar-refractivity contribution in [2.75, 3.05) is 17.3 Å². The molecule has 1 rings (SSSR count). The number of carbonyl (C=O) groups is 1. The molecule has 0 saturated heterocycles. The third-order valence-corrected chi connectivity index (χ3v) is 2.67. The monoisotopic (exact) mass is 258 g/mol. The largest absolute Gasteiger partial charge is 0.431 e. The van der Waals surface area contributed by atoms with Gasteiger partial charge in [-0.2, -0.15) is 4.98 Å². The first kappa shape index (κ1) is 14.0. The van der Waals surface area contributed by atoms with Gasteiger partial charge < -0.3 is 4.42 Å². The number of hydrogen-bond donors (Lipinski definition) is 0. The number of aromatic nitrogens is 1. The average molecular weight is 259 g/mol. The SMILES string of the molecule is CCCCC(=O)N(CCCCl)c1nc(C)co1. The molecule has 0 bridgehead atoms. The zero-order chi connectivity index (χ0) is 12.7. The van der Waals surface area contributed by atoms with Gasteiger partial charge in [-0.15, -0.1) is 11.6 Å². The number of unbranched alkanes of at least 4 members (excludes halogenated alkanes) is 1. The molecule has 0 aromatic carbocycles.